The maximum absolute atomic E-state index is 14.1. The van der Waals surface area contributed by atoms with E-state index < -0.39 is 23.0 Å². The maximum Gasteiger partial charge on any atom is 0.338 e. The van der Waals surface area contributed by atoms with Crippen LogP contribution in [-0.4, -0.2) is 30.3 Å². The van der Waals surface area contributed by atoms with Gasteiger partial charge in [0.25, 0.3) is 5.56 Å². The molecule has 2 aromatic heterocycles. The van der Waals surface area contributed by atoms with Crippen LogP contribution in [0.3, 0.4) is 0 Å². The van der Waals surface area contributed by atoms with Crippen molar-refractivity contribution in [3.63, 3.8) is 0 Å². The number of hydrogen-bond donors (Lipinski definition) is 1. The van der Waals surface area contributed by atoms with Gasteiger partial charge < -0.3 is 9.72 Å². The Hall–Kier alpha value is -4.08. The van der Waals surface area contributed by atoms with Crippen LogP contribution < -0.4 is 11.2 Å². The lowest BCUT2D eigenvalue weighted by Gasteiger charge is -2.10. The van der Waals surface area contributed by atoms with Gasteiger partial charge >= 0.3 is 11.7 Å². The standard InChI is InChI=1S/C21H18FN5O4/c1-12(2)27-18(23-11-24-27)10-31-20(29)13-7-8-14-16(9-13)25-21(30)26(19(14)28)17-6-4-3-5-15(17)22/h3-9,11-12H,10H2,1-2H3,(H,25,30). The van der Waals surface area contributed by atoms with E-state index in [9.17, 15) is 18.8 Å². The molecule has 0 saturated carbocycles. The molecular weight excluding hydrogens is 405 g/mol. The molecule has 0 atom stereocenters. The van der Waals surface area contributed by atoms with Gasteiger partial charge in [-0.1, -0.05) is 12.1 Å². The predicted molar refractivity (Wildman–Crippen MR) is 110 cm³/mol. The molecule has 31 heavy (non-hydrogen) atoms. The Morgan fingerprint density at radius 3 is 2.71 bits per heavy atom. The number of esters is 1. The van der Waals surface area contributed by atoms with Gasteiger partial charge in [-0.15, -0.1) is 0 Å². The van der Waals surface area contributed by atoms with Gasteiger partial charge in [-0.05, 0) is 44.2 Å². The second-order valence-corrected chi connectivity index (χ2v) is 7.07. The molecule has 0 amide bonds. The summed E-state index contributed by atoms with van der Waals surface area (Å²) in [4.78, 5) is 44.3. The Morgan fingerprint density at radius 2 is 1.97 bits per heavy atom. The third kappa shape index (κ3) is 3.75. The van der Waals surface area contributed by atoms with Crippen LogP contribution in [0.1, 0.15) is 36.1 Å². The first-order valence-corrected chi connectivity index (χ1v) is 9.46. The van der Waals surface area contributed by atoms with E-state index >= 15 is 0 Å². The summed E-state index contributed by atoms with van der Waals surface area (Å²) in [6, 6.07) is 9.66. The zero-order valence-electron chi connectivity index (χ0n) is 16.7. The van der Waals surface area contributed by atoms with E-state index in [1.54, 1.807) is 4.68 Å². The average Bonchev–Trinajstić information content (AvgIpc) is 3.22. The highest BCUT2D eigenvalue weighted by Gasteiger charge is 2.16. The number of para-hydroxylation sites is 1. The lowest BCUT2D eigenvalue weighted by Crippen LogP contribution is -2.34. The van der Waals surface area contributed by atoms with Crippen molar-refractivity contribution in [2.24, 2.45) is 0 Å². The third-order valence-corrected chi connectivity index (χ3v) is 4.70. The van der Waals surface area contributed by atoms with Crippen LogP contribution in [0, 0.1) is 5.82 Å². The van der Waals surface area contributed by atoms with E-state index in [1.165, 1.54) is 42.7 Å². The minimum atomic E-state index is -0.821. The molecule has 4 rings (SSSR count). The minimum Gasteiger partial charge on any atom is -0.454 e. The summed E-state index contributed by atoms with van der Waals surface area (Å²) >= 11 is 0. The summed E-state index contributed by atoms with van der Waals surface area (Å²) in [7, 11) is 0. The number of H-pyrrole nitrogens is 1. The number of aromatic amines is 1. The van der Waals surface area contributed by atoms with E-state index in [0.717, 1.165) is 6.07 Å². The van der Waals surface area contributed by atoms with Crippen molar-refractivity contribution < 1.29 is 13.9 Å². The Morgan fingerprint density at radius 1 is 1.19 bits per heavy atom. The topological polar surface area (TPSA) is 112 Å². The molecular formula is C21H18FN5O4. The van der Waals surface area contributed by atoms with Crippen molar-refractivity contribution in [1.29, 1.82) is 0 Å². The van der Waals surface area contributed by atoms with E-state index in [0.29, 0.717) is 10.4 Å². The minimum absolute atomic E-state index is 0.0542. The van der Waals surface area contributed by atoms with E-state index in [-0.39, 0.29) is 34.8 Å². The molecule has 0 aliphatic heterocycles. The molecule has 0 radical (unpaired) electrons. The molecule has 0 aliphatic rings. The van der Waals surface area contributed by atoms with Gasteiger partial charge in [0.05, 0.1) is 22.2 Å². The molecule has 158 valence electrons. The van der Waals surface area contributed by atoms with Crippen molar-refractivity contribution in [1.82, 2.24) is 24.3 Å². The molecule has 0 bridgehead atoms. The smallest absolute Gasteiger partial charge is 0.338 e. The van der Waals surface area contributed by atoms with Crippen molar-refractivity contribution in [2.75, 3.05) is 0 Å². The number of benzene rings is 2. The molecule has 0 aliphatic carbocycles. The van der Waals surface area contributed by atoms with Crippen molar-refractivity contribution in [3.8, 4) is 5.69 Å². The van der Waals surface area contributed by atoms with E-state index in [4.69, 9.17) is 4.74 Å². The monoisotopic (exact) mass is 423 g/mol. The first-order chi connectivity index (χ1) is 14.9. The first-order valence-electron chi connectivity index (χ1n) is 9.46. The summed E-state index contributed by atoms with van der Waals surface area (Å²) in [6.45, 7) is 3.77. The molecule has 2 aromatic carbocycles. The second-order valence-electron chi connectivity index (χ2n) is 7.07. The molecule has 0 spiro atoms. The highest BCUT2D eigenvalue weighted by atomic mass is 19.1. The molecule has 1 N–H and O–H groups in total. The van der Waals surface area contributed by atoms with Crippen LogP contribution in [-0.2, 0) is 11.3 Å². The fourth-order valence-corrected chi connectivity index (χ4v) is 3.22. The molecule has 4 aromatic rings. The molecule has 10 heteroatoms. The quantitative estimate of drug-likeness (QED) is 0.493. The zero-order chi connectivity index (χ0) is 22.1. The summed E-state index contributed by atoms with van der Waals surface area (Å²) in [6.07, 6.45) is 1.38. The highest BCUT2D eigenvalue weighted by Crippen LogP contribution is 2.14. The summed E-state index contributed by atoms with van der Waals surface area (Å²) in [5, 5.41) is 4.20. The van der Waals surface area contributed by atoms with Gasteiger partial charge in [0.15, 0.2) is 12.4 Å². The predicted octanol–water partition coefficient (Wildman–Crippen LogP) is 2.35. The average molecular weight is 423 g/mol. The van der Waals surface area contributed by atoms with Gasteiger partial charge in [0.2, 0.25) is 0 Å². The number of carbonyl (C=O) groups excluding carboxylic acids is 1. The van der Waals surface area contributed by atoms with Crippen LogP contribution in [0.15, 0.2) is 58.4 Å². The number of ether oxygens (including phenoxy) is 1. The Bertz CT molecular complexity index is 1400. The lowest BCUT2D eigenvalue weighted by molar-refractivity contribution is 0.0455. The molecule has 0 saturated heterocycles. The molecule has 0 fully saturated rings. The SMILES string of the molecule is CC(C)n1ncnc1COC(=O)c1ccc2c(=O)n(-c3ccccc3F)c(=O)[nH]c2c1. The summed E-state index contributed by atoms with van der Waals surface area (Å²) in [5.41, 5.74) is -1.40. The molecule has 0 unspecified atom stereocenters. The fraction of sp³-hybridized carbons (Fsp3) is 0.190. The zero-order valence-corrected chi connectivity index (χ0v) is 16.7. The molecule has 9 nitrogen and oxygen atoms in total. The van der Waals surface area contributed by atoms with Crippen molar-refractivity contribution >= 4 is 16.9 Å². The van der Waals surface area contributed by atoms with Gasteiger partial charge in [0.1, 0.15) is 12.1 Å². The van der Waals surface area contributed by atoms with Crippen LogP contribution in [0.2, 0.25) is 0 Å². The Kier molecular flexibility index (Phi) is 5.20. The van der Waals surface area contributed by atoms with Crippen LogP contribution in [0.4, 0.5) is 4.39 Å². The molecule has 2 heterocycles. The summed E-state index contributed by atoms with van der Waals surface area (Å²) < 4.78 is 21.7. The number of fused-ring (bicyclic) bond motifs is 1. The maximum atomic E-state index is 14.1. The fourth-order valence-electron chi connectivity index (χ4n) is 3.22. The number of hydrogen-bond acceptors (Lipinski definition) is 6. The normalized spacial score (nSPS) is 11.2. The van der Waals surface area contributed by atoms with Gasteiger partial charge in [-0.25, -0.2) is 28.2 Å². The van der Waals surface area contributed by atoms with Crippen LogP contribution in [0.25, 0.3) is 16.6 Å². The van der Waals surface area contributed by atoms with Crippen molar-refractivity contribution in [2.45, 2.75) is 26.5 Å². The summed E-state index contributed by atoms with van der Waals surface area (Å²) in [5.74, 6) is -0.867. The Balaban J connectivity index is 1.66. The van der Waals surface area contributed by atoms with Crippen molar-refractivity contribution in [3.05, 3.63) is 86.8 Å². The number of halogens is 1. The first kappa shape index (κ1) is 20.2. The van der Waals surface area contributed by atoms with E-state index in [2.05, 4.69) is 15.1 Å². The second kappa shape index (κ2) is 7.98. The number of nitrogens with one attached hydrogen (secondary N) is 1. The third-order valence-electron chi connectivity index (χ3n) is 4.70. The van der Waals surface area contributed by atoms with Gasteiger partial charge in [-0.3, -0.25) is 4.79 Å². The van der Waals surface area contributed by atoms with Gasteiger partial charge in [0, 0.05) is 6.04 Å². The number of aromatic nitrogens is 5. The number of rotatable bonds is 5. The van der Waals surface area contributed by atoms with Crippen LogP contribution in [0.5, 0.6) is 0 Å². The Labute approximate surface area is 174 Å². The highest BCUT2D eigenvalue weighted by molar-refractivity contribution is 5.94. The van der Waals surface area contributed by atoms with E-state index in [1.807, 2.05) is 13.8 Å². The van der Waals surface area contributed by atoms with Crippen LogP contribution >= 0.6 is 0 Å². The number of carbonyl (C=O) groups is 1. The number of nitrogens with zero attached hydrogens (tertiary/aromatic N) is 4. The largest absolute Gasteiger partial charge is 0.454 e. The lowest BCUT2D eigenvalue weighted by atomic mass is 10.1. The van der Waals surface area contributed by atoms with Gasteiger partial charge in [-0.2, -0.15) is 5.10 Å².